The molecule has 2 aromatic carbocycles. The van der Waals surface area contributed by atoms with Gasteiger partial charge in [-0.25, -0.2) is 4.79 Å². The lowest BCUT2D eigenvalue weighted by atomic mass is 10.2. The third kappa shape index (κ3) is 3.06. The SMILES string of the molecule is COc1ccc2c(c1)c(OCC(=O)O)c(C)n2Cc1ccccc1. The van der Waals surface area contributed by atoms with Gasteiger partial charge < -0.3 is 19.1 Å². The first-order valence-corrected chi connectivity index (χ1v) is 7.65. The Morgan fingerprint density at radius 2 is 1.92 bits per heavy atom. The van der Waals surface area contributed by atoms with Gasteiger partial charge in [-0.2, -0.15) is 0 Å². The van der Waals surface area contributed by atoms with E-state index in [9.17, 15) is 4.79 Å². The van der Waals surface area contributed by atoms with Crippen molar-refractivity contribution in [1.29, 1.82) is 0 Å². The van der Waals surface area contributed by atoms with Crippen LogP contribution in [0.5, 0.6) is 11.5 Å². The number of hydrogen-bond donors (Lipinski definition) is 1. The fraction of sp³-hybridized carbons (Fsp3) is 0.211. The molecule has 3 aromatic rings. The van der Waals surface area contributed by atoms with Crippen molar-refractivity contribution < 1.29 is 19.4 Å². The number of carboxylic acid groups (broad SMARTS) is 1. The molecular weight excluding hydrogens is 306 g/mol. The van der Waals surface area contributed by atoms with E-state index in [-0.39, 0.29) is 6.61 Å². The molecule has 0 aliphatic heterocycles. The zero-order valence-electron chi connectivity index (χ0n) is 13.7. The third-order valence-corrected chi connectivity index (χ3v) is 4.00. The monoisotopic (exact) mass is 325 g/mol. The van der Waals surface area contributed by atoms with E-state index < -0.39 is 5.97 Å². The molecule has 24 heavy (non-hydrogen) atoms. The first-order chi connectivity index (χ1) is 11.6. The number of methoxy groups -OCH3 is 1. The van der Waals surface area contributed by atoms with Crippen LogP contribution < -0.4 is 9.47 Å². The third-order valence-electron chi connectivity index (χ3n) is 4.00. The summed E-state index contributed by atoms with van der Waals surface area (Å²) in [6.07, 6.45) is 0. The first kappa shape index (κ1) is 15.9. The number of carboxylic acids is 1. The molecule has 0 unspecified atom stereocenters. The Morgan fingerprint density at radius 3 is 2.58 bits per heavy atom. The summed E-state index contributed by atoms with van der Waals surface area (Å²) in [6, 6.07) is 15.8. The van der Waals surface area contributed by atoms with Gasteiger partial charge in [0.2, 0.25) is 0 Å². The Labute approximate surface area is 140 Å². The Kier molecular flexibility index (Phi) is 4.42. The van der Waals surface area contributed by atoms with E-state index in [1.54, 1.807) is 7.11 Å². The van der Waals surface area contributed by atoms with E-state index in [2.05, 4.69) is 16.7 Å². The minimum Gasteiger partial charge on any atom is -0.497 e. The van der Waals surface area contributed by atoms with Crippen molar-refractivity contribution in [3.63, 3.8) is 0 Å². The summed E-state index contributed by atoms with van der Waals surface area (Å²) >= 11 is 0. The number of aromatic nitrogens is 1. The average molecular weight is 325 g/mol. The van der Waals surface area contributed by atoms with Crippen molar-refractivity contribution in [2.24, 2.45) is 0 Å². The van der Waals surface area contributed by atoms with Crippen LogP contribution in [0.3, 0.4) is 0 Å². The highest BCUT2D eigenvalue weighted by molar-refractivity contribution is 5.90. The summed E-state index contributed by atoms with van der Waals surface area (Å²) in [5.74, 6) is 0.294. The van der Waals surface area contributed by atoms with Crippen molar-refractivity contribution in [3.05, 3.63) is 59.8 Å². The number of rotatable bonds is 6. The molecule has 0 aliphatic carbocycles. The van der Waals surface area contributed by atoms with Gasteiger partial charge in [-0.1, -0.05) is 30.3 Å². The number of fused-ring (bicyclic) bond motifs is 1. The second-order valence-electron chi connectivity index (χ2n) is 5.55. The topological polar surface area (TPSA) is 60.7 Å². The largest absolute Gasteiger partial charge is 0.497 e. The molecule has 1 heterocycles. The van der Waals surface area contributed by atoms with Gasteiger partial charge in [-0.05, 0) is 30.7 Å². The van der Waals surface area contributed by atoms with Crippen molar-refractivity contribution in [3.8, 4) is 11.5 Å². The second kappa shape index (κ2) is 6.66. The molecule has 0 saturated heterocycles. The maximum Gasteiger partial charge on any atom is 0.341 e. The lowest BCUT2D eigenvalue weighted by Crippen LogP contribution is -2.10. The van der Waals surface area contributed by atoms with Crippen LogP contribution in [0.15, 0.2) is 48.5 Å². The normalized spacial score (nSPS) is 10.8. The Bertz CT molecular complexity index is 868. The van der Waals surface area contributed by atoms with E-state index in [1.807, 2.05) is 43.3 Å². The molecule has 0 fully saturated rings. The van der Waals surface area contributed by atoms with Gasteiger partial charge in [0.25, 0.3) is 0 Å². The summed E-state index contributed by atoms with van der Waals surface area (Å²) in [5, 5.41) is 9.77. The van der Waals surface area contributed by atoms with Crippen LogP contribution >= 0.6 is 0 Å². The fourth-order valence-corrected chi connectivity index (χ4v) is 2.84. The highest BCUT2D eigenvalue weighted by atomic mass is 16.5. The predicted molar refractivity (Wildman–Crippen MR) is 91.9 cm³/mol. The molecule has 0 bridgehead atoms. The van der Waals surface area contributed by atoms with Crippen molar-refractivity contribution in [2.75, 3.05) is 13.7 Å². The standard InChI is InChI=1S/C19H19NO4/c1-13-19(24-12-18(21)22)16-10-15(23-2)8-9-17(16)20(13)11-14-6-4-3-5-7-14/h3-10H,11-12H2,1-2H3,(H,21,22). The number of aliphatic carboxylic acids is 1. The van der Waals surface area contributed by atoms with E-state index in [4.69, 9.17) is 14.6 Å². The highest BCUT2D eigenvalue weighted by Gasteiger charge is 2.17. The van der Waals surface area contributed by atoms with Crippen molar-refractivity contribution in [1.82, 2.24) is 4.57 Å². The number of hydrogen-bond acceptors (Lipinski definition) is 3. The summed E-state index contributed by atoms with van der Waals surface area (Å²) < 4.78 is 13.0. The van der Waals surface area contributed by atoms with Gasteiger partial charge in [0.15, 0.2) is 6.61 Å². The molecule has 0 spiro atoms. The zero-order chi connectivity index (χ0) is 17.1. The van der Waals surface area contributed by atoms with E-state index >= 15 is 0 Å². The molecule has 0 aliphatic rings. The molecule has 1 N–H and O–H groups in total. The van der Waals surface area contributed by atoms with Crippen LogP contribution in [0.4, 0.5) is 0 Å². The van der Waals surface area contributed by atoms with Crippen LogP contribution in [0.25, 0.3) is 10.9 Å². The fourth-order valence-electron chi connectivity index (χ4n) is 2.84. The number of ether oxygens (including phenoxy) is 2. The minimum absolute atomic E-state index is 0.373. The van der Waals surface area contributed by atoms with Crippen LogP contribution in [0.2, 0.25) is 0 Å². The van der Waals surface area contributed by atoms with Gasteiger partial charge in [0.1, 0.15) is 11.5 Å². The average Bonchev–Trinajstić information content (AvgIpc) is 2.85. The van der Waals surface area contributed by atoms with Gasteiger partial charge in [0.05, 0.1) is 18.3 Å². The van der Waals surface area contributed by atoms with Crippen LogP contribution in [-0.2, 0) is 11.3 Å². The zero-order valence-corrected chi connectivity index (χ0v) is 13.7. The molecule has 0 atom stereocenters. The highest BCUT2D eigenvalue weighted by Crippen LogP contribution is 2.35. The van der Waals surface area contributed by atoms with Gasteiger partial charge in [0, 0.05) is 11.9 Å². The smallest absolute Gasteiger partial charge is 0.341 e. The molecule has 1 aromatic heterocycles. The van der Waals surface area contributed by atoms with Gasteiger partial charge >= 0.3 is 5.97 Å². The minimum atomic E-state index is -0.999. The predicted octanol–water partition coefficient (Wildman–Crippen LogP) is 3.47. The first-order valence-electron chi connectivity index (χ1n) is 7.65. The molecule has 5 heteroatoms. The summed E-state index contributed by atoms with van der Waals surface area (Å²) in [6.45, 7) is 2.25. The van der Waals surface area contributed by atoms with Gasteiger partial charge in [-0.3, -0.25) is 0 Å². The Morgan fingerprint density at radius 1 is 1.17 bits per heavy atom. The molecule has 0 amide bonds. The van der Waals surface area contributed by atoms with E-state index in [0.29, 0.717) is 18.0 Å². The van der Waals surface area contributed by atoms with Gasteiger partial charge in [-0.15, -0.1) is 0 Å². The maximum atomic E-state index is 10.9. The van der Waals surface area contributed by atoms with Crippen LogP contribution in [0, 0.1) is 6.92 Å². The summed E-state index contributed by atoms with van der Waals surface area (Å²) in [5.41, 5.74) is 3.04. The van der Waals surface area contributed by atoms with Crippen molar-refractivity contribution in [2.45, 2.75) is 13.5 Å². The number of carbonyl (C=O) groups is 1. The molecule has 3 rings (SSSR count). The molecule has 0 radical (unpaired) electrons. The molecular formula is C19H19NO4. The molecule has 124 valence electrons. The van der Waals surface area contributed by atoms with E-state index in [0.717, 1.165) is 22.2 Å². The Hall–Kier alpha value is -2.95. The van der Waals surface area contributed by atoms with Crippen LogP contribution in [0.1, 0.15) is 11.3 Å². The summed E-state index contributed by atoms with van der Waals surface area (Å²) in [4.78, 5) is 10.9. The number of nitrogens with zero attached hydrogens (tertiary/aromatic N) is 1. The summed E-state index contributed by atoms with van der Waals surface area (Å²) in [7, 11) is 1.60. The lowest BCUT2D eigenvalue weighted by molar-refractivity contribution is -0.139. The van der Waals surface area contributed by atoms with Crippen LogP contribution in [-0.4, -0.2) is 29.4 Å². The Balaban J connectivity index is 2.10. The number of benzene rings is 2. The second-order valence-corrected chi connectivity index (χ2v) is 5.55. The molecule has 5 nitrogen and oxygen atoms in total. The maximum absolute atomic E-state index is 10.9. The van der Waals surface area contributed by atoms with Crippen molar-refractivity contribution >= 4 is 16.9 Å². The quantitative estimate of drug-likeness (QED) is 0.754. The molecule has 0 saturated carbocycles. The van der Waals surface area contributed by atoms with E-state index in [1.165, 1.54) is 0 Å². The lowest BCUT2D eigenvalue weighted by Gasteiger charge is -2.09.